The van der Waals surface area contributed by atoms with Crippen LogP contribution in [0, 0.1) is 5.82 Å². The quantitative estimate of drug-likeness (QED) is 0.394. The third-order valence-electron chi connectivity index (χ3n) is 5.97. The van der Waals surface area contributed by atoms with Crippen LogP contribution in [-0.4, -0.2) is 49.7 Å². The third kappa shape index (κ3) is 4.64. The van der Waals surface area contributed by atoms with Gasteiger partial charge in [-0.15, -0.1) is 5.10 Å². The van der Waals surface area contributed by atoms with Crippen molar-refractivity contribution in [1.29, 1.82) is 0 Å². The SMILES string of the molecule is CCNc1ncc(-c2ccc(CN3CCCC3)cc2)cc1-c1nnnn1-c1cc(Cl)ccc1F. The topological polar surface area (TPSA) is 71.8 Å². The number of nitrogens with one attached hydrogen (secondary N) is 1. The van der Waals surface area contributed by atoms with Gasteiger partial charge in [0.25, 0.3) is 0 Å². The number of pyridine rings is 1. The van der Waals surface area contributed by atoms with Crippen molar-refractivity contribution in [3.8, 4) is 28.2 Å². The maximum absolute atomic E-state index is 14.6. The molecule has 1 saturated heterocycles. The largest absolute Gasteiger partial charge is 0.370 e. The summed E-state index contributed by atoms with van der Waals surface area (Å²) < 4.78 is 15.9. The molecule has 1 aliphatic rings. The van der Waals surface area contributed by atoms with E-state index in [1.165, 1.54) is 54.4 Å². The van der Waals surface area contributed by atoms with Crippen molar-refractivity contribution in [2.75, 3.05) is 25.0 Å². The maximum atomic E-state index is 14.6. The summed E-state index contributed by atoms with van der Waals surface area (Å²) in [5, 5.41) is 15.7. The van der Waals surface area contributed by atoms with Crippen LogP contribution in [0.3, 0.4) is 0 Å². The van der Waals surface area contributed by atoms with E-state index >= 15 is 0 Å². The first-order valence-corrected chi connectivity index (χ1v) is 11.8. The van der Waals surface area contributed by atoms with Crippen molar-refractivity contribution in [2.45, 2.75) is 26.3 Å². The second-order valence-electron chi connectivity index (χ2n) is 8.34. The Balaban J connectivity index is 1.51. The van der Waals surface area contributed by atoms with Gasteiger partial charge in [0.15, 0.2) is 5.82 Å². The standard InChI is InChI=1S/C25H25ClFN7/c1-2-28-24-21(25-30-31-32-34(25)23-14-20(26)9-10-22(23)27)13-19(15-29-24)18-7-5-17(6-8-18)16-33-11-3-4-12-33/h5-10,13-15H,2-4,11-12,16H2,1H3,(H,28,29). The van der Waals surface area contributed by atoms with E-state index in [2.05, 4.69) is 55.0 Å². The molecule has 0 aliphatic carbocycles. The van der Waals surface area contributed by atoms with Crippen LogP contribution in [0.15, 0.2) is 54.7 Å². The molecule has 0 amide bonds. The van der Waals surface area contributed by atoms with Crippen LogP contribution in [0.5, 0.6) is 0 Å². The second kappa shape index (κ2) is 9.87. The number of nitrogens with zero attached hydrogens (tertiary/aromatic N) is 6. The minimum Gasteiger partial charge on any atom is -0.370 e. The fourth-order valence-corrected chi connectivity index (χ4v) is 4.43. The first-order chi connectivity index (χ1) is 16.6. The maximum Gasteiger partial charge on any atom is 0.190 e. The zero-order valence-electron chi connectivity index (χ0n) is 18.9. The Kier molecular flexibility index (Phi) is 6.51. The highest BCUT2D eigenvalue weighted by Crippen LogP contribution is 2.32. The van der Waals surface area contributed by atoms with Gasteiger partial charge in [-0.2, -0.15) is 4.68 Å². The lowest BCUT2D eigenvalue weighted by Crippen LogP contribution is -2.18. The normalized spacial score (nSPS) is 14.0. The zero-order valence-corrected chi connectivity index (χ0v) is 19.6. The average Bonchev–Trinajstić information content (AvgIpc) is 3.54. The van der Waals surface area contributed by atoms with Gasteiger partial charge < -0.3 is 5.32 Å². The van der Waals surface area contributed by atoms with Gasteiger partial charge >= 0.3 is 0 Å². The molecule has 0 saturated carbocycles. The van der Waals surface area contributed by atoms with E-state index in [0.29, 0.717) is 28.8 Å². The number of hydrogen-bond acceptors (Lipinski definition) is 6. The minimum absolute atomic E-state index is 0.173. The van der Waals surface area contributed by atoms with Gasteiger partial charge in [0.05, 0.1) is 5.56 Å². The van der Waals surface area contributed by atoms with Crippen LogP contribution in [0.4, 0.5) is 10.2 Å². The lowest BCUT2D eigenvalue weighted by molar-refractivity contribution is 0.331. The Morgan fingerprint density at radius 2 is 1.82 bits per heavy atom. The molecule has 174 valence electrons. The van der Waals surface area contributed by atoms with Crippen molar-refractivity contribution >= 4 is 17.4 Å². The second-order valence-corrected chi connectivity index (χ2v) is 8.78. The molecular formula is C25H25ClFN7. The molecule has 0 bridgehead atoms. The first-order valence-electron chi connectivity index (χ1n) is 11.4. The summed E-state index contributed by atoms with van der Waals surface area (Å²) in [6, 6.07) is 14.8. The lowest BCUT2D eigenvalue weighted by atomic mass is 10.0. The van der Waals surface area contributed by atoms with E-state index in [1.54, 1.807) is 0 Å². The molecule has 1 N–H and O–H groups in total. The summed E-state index contributed by atoms with van der Waals surface area (Å²) in [6.45, 7) is 5.96. The molecule has 5 rings (SSSR count). The van der Waals surface area contributed by atoms with Crippen molar-refractivity contribution in [3.63, 3.8) is 0 Å². The molecule has 2 aromatic heterocycles. The summed E-state index contributed by atoms with van der Waals surface area (Å²) in [4.78, 5) is 7.11. The van der Waals surface area contributed by atoms with Gasteiger partial charge in [0, 0.05) is 29.9 Å². The summed E-state index contributed by atoms with van der Waals surface area (Å²) in [5.41, 5.74) is 4.10. The number of rotatable bonds is 7. The lowest BCUT2D eigenvalue weighted by Gasteiger charge is -2.15. The Labute approximate surface area is 202 Å². The first kappa shape index (κ1) is 22.4. The Morgan fingerprint density at radius 3 is 2.59 bits per heavy atom. The van der Waals surface area contributed by atoms with E-state index in [4.69, 9.17) is 11.6 Å². The molecule has 4 aromatic rings. The van der Waals surface area contributed by atoms with E-state index in [0.717, 1.165) is 17.7 Å². The van der Waals surface area contributed by atoms with E-state index in [1.807, 2.05) is 19.2 Å². The third-order valence-corrected chi connectivity index (χ3v) is 6.21. The minimum atomic E-state index is -0.472. The Morgan fingerprint density at radius 1 is 1.03 bits per heavy atom. The van der Waals surface area contributed by atoms with Gasteiger partial charge in [-0.1, -0.05) is 35.9 Å². The highest BCUT2D eigenvalue weighted by atomic mass is 35.5. The van der Waals surface area contributed by atoms with E-state index < -0.39 is 5.82 Å². The molecule has 0 unspecified atom stereocenters. The molecule has 1 fully saturated rings. The predicted molar refractivity (Wildman–Crippen MR) is 131 cm³/mol. The highest BCUT2D eigenvalue weighted by molar-refractivity contribution is 6.30. The zero-order chi connectivity index (χ0) is 23.5. The molecule has 0 spiro atoms. The van der Waals surface area contributed by atoms with Gasteiger partial charge in [-0.25, -0.2) is 9.37 Å². The number of hydrogen-bond donors (Lipinski definition) is 1. The van der Waals surface area contributed by atoms with Crippen molar-refractivity contribution in [1.82, 2.24) is 30.1 Å². The molecule has 7 nitrogen and oxygen atoms in total. The van der Waals surface area contributed by atoms with Crippen LogP contribution in [0.2, 0.25) is 5.02 Å². The predicted octanol–water partition coefficient (Wildman–Crippen LogP) is 5.21. The van der Waals surface area contributed by atoms with Crippen LogP contribution in [0.1, 0.15) is 25.3 Å². The van der Waals surface area contributed by atoms with Crippen LogP contribution in [0.25, 0.3) is 28.2 Å². The van der Waals surface area contributed by atoms with Gasteiger partial charge in [0.2, 0.25) is 0 Å². The van der Waals surface area contributed by atoms with Crippen molar-refractivity contribution in [2.24, 2.45) is 0 Å². The Bertz CT molecular complexity index is 1280. The van der Waals surface area contributed by atoms with E-state index in [-0.39, 0.29) is 5.69 Å². The number of benzene rings is 2. The average molecular weight is 478 g/mol. The molecule has 9 heteroatoms. The van der Waals surface area contributed by atoms with Crippen molar-refractivity contribution < 1.29 is 4.39 Å². The number of aromatic nitrogens is 5. The molecule has 0 atom stereocenters. The Hall–Kier alpha value is -3.36. The number of likely N-dealkylation sites (tertiary alicyclic amines) is 1. The summed E-state index contributed by atoms with van der Waals surface area (Å²) in [7, 11) is 0. The number of halogens is 2. The highest BCUT2D eigenvalue weighted by Gasteiger charge is 2.19. The molecule has 34 heavy (non-hydrogen) atoms. The molecule has 2 aromatic carbocycles. The fourth-order valence-electron chi connectivity index (χ4n) is 4.27. The number of tetrazole rings is 1. The summed E-state index contributed by atoms with van der Waals surface area (Å²) in [6.07, 6.45) is 4.39. The molecule has 1 aliphatic heterocycles. The van der Waals surface area contributed by atoms with E-state index in [9.17, 15) is 4.39 Å². The summed E-state index contributed by atoms with van der Waals surface area (Å²) >= 11 is 6.11. The van der Waals surface area contributed by atoms with Gasteiger partial charge in [-0.3, -0.25) is 4.90 Å². The van der Waals surface area contributed by atoms with Crippen LogP contribution in [-0.2, 0) is 6.54 Å². The monoisotopic (exact) mass is 477 g/mol. The van der Waals surface area contributed by atoms with Crippen LogP contribution < -0.4 is 5.32 Å². The van der Waals surface area contributed by atoms with Gasteiger partial charge in [0.1, 0.15) is 17.3 Å². The smallest absolute Gasteiger partial charge is 0.190 e. The number of anilines is 1. The van der Waals surface area contributed by atoms with Crippen molar-refractivity contribution in [3.05, 3.63) is 71.1 Å². The molecule has 0 radical (unpaired) electrons. The molecule has 3 heterocycles. The fraction of sp³-hybridized carbons (Fsp3) is 0.280. The molecular weight excluding hydrogens is 453 g/mol. The van der Waals surface area contributed by atoms with Gasteiger partial charge in [-0.05, 0) is 78.7 Å². The summed E-state index contributed by atoms with van der Waals surface area (Å²) in [5.74, 6) is 0.521. The van der Waals surface area contributed by atoms with Crippen LogP contribution >= 0.6 is 11.6 Å².